The second-order valence-electron chi connectivity index (χ2n) is 5.53. The Kier molecular flexibility index (Phi) is 4.82. The van der Waals surface area contributed by atoms with Crippen LogP contribution in [0, 0.1) is 0 Å². The SMILES string of the molecule is C[C@H](NC[C@H](O)c1ccncc1)c1nc2ccccc2n1C(F)F. The highest BCUT2D eigenvalue weighted by atomic mass is 19.3. The summed E-state index contributed by atoms with van der Waals surface area (Å²) in [4.78, 5) is 8.21. The van der Waals surface area contributed by atoms with Crippen LogP contribution in [0.1, 0.15) is 37.0 Å². The van der Waals surface area contributed by atoms with Crippen molar-refractivity contribution in [2.75, 3.05) is 6.54 Å². The number of nitrogens with zero attached hydrogens (tertiary/aromatic N) is 3. The number of benzene rings is 1. The predicted octanol–water partition coefficient (Wildman–Crippen LogP) is 3.21. The number of rotatable bonds is 6. The third kappa shape index (κ3) is 3.27. The van der Waals surface area contributed by atoms with Crippen LogP contribution in [0.4, 0.5) is 8.78 Å². The van der Waals surface area contributed by atoms with E-state index in [-0.39, 0.29) is 12.4 Å². The fourth-order valence-electron chi connectivity index (χ4n) is 2.66. The Morgan fingerprint density at radius 3 is 2.58 bits per heavy atom. The van der Waals surface area contributed by atoms with Gasteiger partial charge in [-0.25, -0.2) is 4.98 Å². The van der Waals surface area contributed by atoms with Gasteiger partial charge in [-0.3, -0.25) is 9.55 Å². The molecule has 0 bridgehead atoms. The summed E-state index contributed by atoms with van der Waals surface area (Å²) in [5, 5.41) is 13.2. The van der Waals surface area contributed by atoms with Crippen molar-refractivity contribution >= 4 is 11.0 Å². The fourth-order valence-corrected chi connectivity index (χ4v) is 2.66. The molecule has 126 valence electrons. The number of aliphatic hydroxyl groups is 1. The number of halogens is 2. The summed E-state index contributed by atoms with van der Waals surface area (Å²) in [6.45, 7) is -0.710. The number of nitrogens with one attached hydrogen (secondary N) is 1. The summed E-state index contributed by atoms with van der Waals surface area (Å²) in [7, 11) is 0. The summed E-state index contributed by atoms with van der Waals surface area (Å²) in [6, 6.07) is 9.78. The summed E-state index contributed by atoms with van der Waals surface area (Å²) < 4.78 is 27.8. The first-order valence-corrected chi connectivity index (χ1v) is 7.64. The number of aliphatic hydroxyl groups excluding tert-OH is 1. The van der Waals surface area contributed by atoms with E-state index in [9.17, 15) is 13.9 Å². The Hall–Kier alpha value is -2.38. The first kappa shape index (κ1) is 16.5. The molecule has 2 aromatic heterocycles. The molecular formula is C17H18F2N4O. The van der Waals surface area contributed by atoms with Gasteiger partial charge < -0.3 is 10.4 Å². The van der Waals surface area contributed by atoms with E-state index in [1.54, 1.807) is 55.7 Å². The summed E-state index contributed by atoms with van der Waals surface area (Å²) in [5.74, 6) is 0.244. The van der Waals surface area contributed by atoms with E-state index in [0.717, 1.165) is 4.57 Å². The van der Waals surface area contributed by atoms with Crippen molar-refractivity contribution in [1.29, 1.82) is 0 Å². The number of hydrogen-bond donors (Lipinski definition) is 2. The van der Waals surface area contributed by atoms with Gasteiger partial charge in [0.2, 0.25) is 0 Å². The van der Waals surface area contributed by atoms with Crippen LogP contribution in [0.2, 0.25) is 0 Å². The minimum Gasteiger partial charge on any atom is -0.387 e. The van der Waals surface area contributed by atoms with Gasteiger partial charge in [0, 0.05) is 18.9 Å². The molecule has 7 heteroatoms. The number of hydrogen-bond acceptors (Lipinski definition) is 4. The van der Waals surface area contributed by atoms with Crippen LogP contribution in [0.25, 0.3) is 11.0 Å². The Morgan fingerprint density at radius 2 is 1.88 bits per heavy atom. The van der Waals surface area contributed by atoms with Crippen LogP contribution >= 0.6 is 0 Å². The van der Waals surface area contributed by atoms with Gasteiger partial charge in [0.1, 0.15) is 5.82 Å². The van der Waals surface area contributed by atoms with E-state index >= 15 is 0 Å². The van der Waals surface area contributed by atoms with Gasteiger partial charge >= 0.3 is 6.55 Å². The van der Waals surface area contributed by atoms with Crippen LogP contribution in [-0.4, -0.2) is 26.2 Å². The standard InChI is InChI=1S/C17H18F2N4O/c1-11(21-10-15(24)12-6-8-20-9-7-12)16-22-13-4-2-3-5-14(13)23(16)17(18)19/h2-9,11,15,17,21,24H,10H2,1H3/t11-,15-/m0/s1. The maximum absolute atomic E-state index is 13.5. The third-order valence-electron chi connectivity index (χ3n) is 3.91. The van der Waals surface area contributed by atoms with Crippen molar-refractivity contribution in [1.82, 2.24) is 19.9 Å². The molecule has 0 aliphatic rings. The highest BCUT2D eigenvalue weighted by Crippen LogP contribution is 2.26. The summed E-state index contributed by atoms with van der Waals surface area (Å²) in [5.41, 5.74) is 1.63. The quantitative estimate of drug-likeness (QED) is 0.727. The molecule has 0 saturated heterocycles. The predicted molar refractivity (Wildman–Crippen MR) is 86.6 cm³/mol. The lowest BCUT2D eigenvalue weighted by Gasteiger charge is -2.18. The van der Waals surface area contributed by atoms with Crippen molar-refractivity contribution in [3.05, 3.63) is 60.2 Å². The number of fused-ring (bicyclic) bond motifs is 1. The summed E-state index contributed by atoms with van der Waals surface area (Å²) in [6.07, 6.45) is 2.44. The number of imidazole rings is 1. The highest BCUT2D eigenvalue weighted by Gasteiger charge is 2.22. The van der Waals surface area contributed by atoms with Gasteiger partial charge in [0.05, 0.1) is 23.2 Å². The van der Waals surface area contributed by atoms with E-state index in [1.807, 2.05) is 0 Å². The Balaban J connectivity index is 1.79. The van der Waals surface area contributed by atoms with Crippen molar-refractivity contribution in [2.24, 2.45) is 0 Å². The molecule has 0 saturated carbocycles. The number of para-hydroxylation sites is 2. The Bertz CT molecular complexity index is 807. The molecule has 0 fully saturated rings. The van der Waals surface area contributed by atoms with Crippen molar-refractivity contribution in [3.8, 4) is 0 Å². The molecule has 2 atom stereocenters. The maximum Gasteiger partial charge on any atom is 0.320 e. The zero-order chi connectivity index (χ0) is 17.1. The largest absolute Gasteiger partial charge is 0.387 e. The molecular weight excluding hydrogens is 314 g/mol. The van der Waals surface area contributed by atoms with Gasteiger partial charge in [0.25, 0.3) is 0 Å². The molecule has 2 heterocycles. The molecule has 0 aliphatic heterocycles. The zero-order valence-corrected chi connectivity index (χ0v) is 13.1. The number of aromatic nitrogens is 3. The molecule has 0 radical (unpaired) electrons. The topological polar surface area (TPSA) is 63.0 Å². The van der Waals surface area contributed by atoms with E-state index in [1.165, 1.54) is 0 Å². The first-order valence-electron chi connectivity index (χ1n) is 7.64. The van der Waals surface area contributed by atoms with Gasteiger partial charge in [-0.15, -0.1) is 0 Å². The number of pyridine rings is 1. The molecule has 2 N–H and O–H groups in total. The van der Waals surface area contributed by atoms with Crippen LogP contribution in [-0.2, 0) is 0 Å². The molecule has 0 aliphatic carbocycles. The number of alkyl halides is 2. The van der Waals surface area contributed by atoms with E-state index < -0.39 is 18.7 Å². The average Bonchev–Trinajstić information content (AvgIpc) is 3.00. The van der Waals surface area contributed by atoms with Gasteiger partial charge in [-0.2, -0.15) is 8.78 Å². The first-order chi connectivity index (χ1) is 11.6. The second-order valence-corrected chi connectivity index (χ2v) is 5.53. The van der Waals surface area contributed by atoms with Crippen molar-refractivity contribution in [2.45, 2.75) is 25.6 Å². The second kappa shape index (κ2) is 7.02. The van der Waals surface area contributed by atoms with Crippen LogP contribution in [0.15, 0.2) is 48.8 Å². The molecule has 0 amide bonds. The van der Waals surface area contributed by atoms with E-state index in [2.05, 4.69) is 15.3 Å². The van der Waals surface area contributed by atoms with Gasteiger partial charge in [-0.05, 0) is 36.8 Å². The van der Waals surface area contributed by atoms with Crippen molar-refractivity contribution in [3.63, 3.8) is 0 Å². The molecule has 0 unspecified atom stereocenters. The highest BCUT2D eigenvalue weighted by molar-refractivity contribution is 5.76. The lowest BCUT2D eigenvalue weighted by Crippen LogP contribution is -2.27. The van der Waals surface area contributed by atoms with Gasteiger partial charge in [-0.1, -0.05) is 12.1 Å². The van der Waals surface area contributed by atoms with Crippen LogP contribution in [0.3, 0.4) is 0 Å². The Morgan fingerprint density at radius 1 is 1.17 bits per heavy atom. The minimum atomic E-state index is -2.68. The lowest BCUT2D eigenvalue weighted by molar-refractivity contribution is 0.0694. The maximum atomic E-state index is 13.5. The molecule has 1 aromatic carbocycles. The Labute approximate surface area is 138 Å². The zero-order valence-electron chi connectivity index (χ0n) is 13.1. The average molecular weight is 332 g/mol. The lowest BCUT2D eigenvalue weighted by atomic mass is 10.1. The van der Waals surface area contributed by atoms with Crippen LogP contribution in [0.5, 0.6) is 0 Å². The van der Waals surface area contributed by atoms with Crippen molar-refractivity contribution < 1.29 is 13.9 Å². The molecule has 3 rings (SSSR count). The van der Waals surface area contributed by atoms with E-state index in [4.69, 9.17) is 0 Å². The van der Waals surface area contributed by atoms with E-state index in [0.29, 0.717) is 16.6 Å². The smallest absolute Gasteiger partial charge is 0.320 e. The fraction of sp³-hybridized carbons (Fsp3) is 0.294. The summed E-state index contributed by atoms with van der Waals surface area (Å²) >= 11 is 0. The molecule has 3 aromatic rings. The molecule has 0 spiro atoms. The third-order valence-corrected chi connectivity index (χ3v) is 3.91. The molecule has 5 nitrogen and oxygen atoms in total. The monoisotopic (exact) mass is 332 g/mol. The molecule has 24 heavy (non-hydrogen) atoms. The van der Waals surface area contributed by atoms with Crippen LogP contribution < -0.4 is 5.32 Å². The van der Waals surface area contributed by atoms with Gasteiger partial charge in [0.15, 0.2) is 0 Å². The normalized spacial score (nSPS) is 14.2. The minimum absolute atomic E-state index is 0.220.